The van der Waals surface area contributed by atoms with Gasteiger partial charge in [0.25, 0.3) is 0 Å². The third-order valence-corrected chi connectivity index (χ3v) is 11.2. The summed E-state index contributed by atoms with van der Waals surface area (Å²) in [7, 11) is 0. The maximum absolute atomic E-state index is 12.8. The molecule has 8 heteroatoms. The highest BCUT2D eigenvalue weighted by molar-refractivity contribution is 7.99. The minimum absolute atomic E-state index is 0.0774. The number of nitrogens with zero attached hydrogens (tertiary/aromatic N) is 4. The Bertz CT molecular complexity index is 1140. The molecule has 2 aromatic heterocycles. The zero-order valence-corrected chi connectivity index (χ0v) is 22.4. The molecule has 5 aliphatic rings. The highest BCUT2D eigenvalue weighted by Crippen LogP contribution is 2.61. The van der Waals surface area contributed by atoms with Gasteiger partial charge in [0.1, 0.15) is 16.9 Å². The van der Waals surface area contributed by atoms with Gasteiger partial charge in [0.05, 0.1) is 11.3 Å². The molecule has 35 heavy (non-hydrogen) atoms. The number of amides is 1. The second-order valence-electron chi connectivity index (χ2n) is 11.7. The molecule has 1 unspecified atom stereocenters. The van der Waals surface area contributed by atoms with Crippen LogP contribution in [0.3, 0.4) is 0 Å². The minimum Gasteiger partial charge on any atom is -0.316 e. The average Bonchev–Trinajstić information content (AvgIpc) is 3.35. The van der Waals surface area contributed by atoms with Crippen LogP contribution in [-0.4, -0.2) is 26.4 Å². The summed E-state index contributed by atoms with van der Waals surface area (Å²) >= 11 is 3.05. The number of nitriles is 1. The summed E-state index contributed by atoms with van der Waals surface area (Å²) in [4.78, 5) is 14.1. The molecule has 1 amide bonds. The maximum Gasteiger partial charge on any atom is 0.235 e. The summed E-state index contributed by atoms with van der Waals surface area (Å²) in [6, 6.07) is 2.34. The van der Waals surface area contributed by atoms with Crippen molar-refractivity contribution in [2.24, 2.45) is 29.1 Å². The van der Waals surface area contributed by atoms with E-state index in [9.17, 15) is 10.1 Å². The third kappa shape index (κ3) is 4.44. The Hall–Kier alpha value is -1.85. The smallest absolute Gasteiger partial charge is 0.235 e. The normalized spacial score (nSPS) is 30.8. The molecule has 0 spiro atoms. The number of thiophene rings is 1. The van der Waals surface area contributed by atoms with Gasteiger partial charge >= 0.3 is 0 Å². The van der Waals surface area contributed by atoms with Gasteiger partial charge in [-0.2, -0.15) is 5.26 Å². The van der Waals surface area contributed by atoms with Gasteiger partial charge in [-0.3, -0.25) is 4.79 Å². The van der Waals surface area contributed by atoms with E-state index in [1.54, 1.807) is 11.3 Å². The first kappa shape index (κ1) is 23.5. The molecule has 0 aliphatic heterocycles. The Morgan fingerprint density at radius 3 is 2.60 bits per heavy atom. The molecular weight excluding hydrogens is 474 g/mol. The van der Waals surface area contributed by atoms with Crippen LogP contribution in [0.15, 0.2) is 5.16 Å². The Kier molecular flexibility index (Phi) is 6.21. The SMILES string of the molecule is CCn1c(CC23CC4CC(CC(C4)C2)C3)nnc1SCC(=O)Nc1sc2c(c1C#N)CCC(C)C2. The molecule has 2 aromatic rings. The quantitative estimate of drug-likeness (QED) is 0.474. The van der Waals surface area contributed by atoms with Gasteiger partial charge in [-0.25, -0.2) is 0 Å². The molecule has 1 atom stereocenters. The van der Waals surface area contributed by atoms with E-state index in [2.05, 4.69) is 40.0 Å². The van der Waals surface area contributed by atoms with Crippen LogP contribution in [0.1, 0.15) is 80.6 Å². The molecule has 1 N–H and O–H groups in total. The molecule has 0 saturated heterocycles. The standard InChI is InChI=1S/C27H35N5OS2/c1-3-32-23(13-27-10-17-7-18(11-27)9-19(8-17)12-27)30-31-26(32)34-15-24(33)29-25-21(14-28)20-5-4-16(2)6-22(20)35-25/h16-19H,3-13,15H2,1-2H3,(H,29,33). The van der Waals surface area contributed by atoms with Crippen LogP contribution in [0.5, 0.6) is 0 Å². The lowest BCUT2D eigenvalue weighted by Crippen LogP contribution is -2.47. The highest BCUT2D eigenvalue weighted by Gasteiger charge is 2.51. The van der Waals surface area contributed by atoms with Gasteiger partial charge in [-0.05, 0) is 99.4 Å². The Balaban J connectivity index is 1.11. The van der Waals surface area contributed by atoms with Crippen LogP contribution in [0.25, 0.3) is 0 Å². The second-order valence-corrected chi connectivity index (χ2v) is 13.8. The molecule has 0 radical (unpaired) electrons. The number of carbonyl (C=O) groups excluding carboxylic acids is 1. The third-order valence-electron chi connectivity index (χ3n) is 9.02. The van der Waals surface area contributed by atoms with Crippen LogP contribution < -0.4 is 5.32 Å². The number of rotatable bonds is 7. The molecule has 186 valence electrons. The average molecular weight is 510 g/mol. The molecule has 5 aliphatic carbocycles. The monoisotopic (exact) mass is 509 g/mol. The number of nitrogens with one attached hydrogen (secondary N) is 1. The van der Waals surface area contributed by atoms with Gasteiger partial charge in [0.15, 0.2) is 5.16 Å². The summed E-state index contributed by atoms with van der Waals surface area (Å²) < 4.78 is 2.22. The van der Waals surface area contributed by atoms with Gasteiger partial charge < -0.3 is 9.88 Å². The fourth-order valence-electron chi connectivity index (χ4n) is 7.97. The van der Waals surface area contributed by atoms with Gasteiger partial charge in [-0.15, -0.1) is 21.5 Å². The molecule has 4 bridgehead atoms. The second kappa shape index (κ2) is 9.23. The maximum atomic E-state index is 12.8. The van der Waals surface area contributed by atoms with E-state index in [1.165, 1.54) is 55.2 Å². The molecular formula is C27H35N5OS2. The lowest BCUT2D eigenvalue weighted by atomic mass is 9.49. The highest BCUT2D eigenvalue weighted by atomic mass is 32.2. The zero-order chi connectivity index (χ0) is 24.2. The Morgan fingerprint density at radius 2 is 1.94 bits per heavy atom. The minimum atomic E-state index is -0.0774. The first-order chi connectivity index (χ1) is 16.9. The van der Waals surface area contributed by atoms with E-state index >= 15 is 0 Å². The van der Waals surface area contributed by atoms with E-state index in [0.717, 1.165) is 71.5 Å². The predicted molar refractivity (Wildman–Crippen MR) is 140 cm³/mol. The molecule has 0 aromatic carbocycles. The van der Waals surface area contributed by atoms with Crippen LogP contribution in [0, 0.1) is 40.4 Å². The molecule has 4 fully saturated rings. The van der Waals surface area contributed by atoms with Gasteiger partial charge in [-0.1, -0.05) is 18.7 Å². The van der Waals surface area contributed by atoms with Crippen molar-refractivity contribution in [1.29, 1.82) is 5.26 Å². The van der Waals surface area contributed by atoms with E-state index < -0.39 is 0 Å². The van der Waals surface area contributed by atoms with E-state index in [-0.39, 0.29) is 11.7 Å². The van der Waals surface area contributed by atoms with Gasteiger partial charge in [0, 0.05) is 17.8 Å². The van der Waals surface area contributed by atoms with Crippen molar-refractivity contribution in [2.75, 3.05) is 11.1 Å². The largest absolute Gasteiger partial charge is 0.316 e. The molecule has 4 saturated carbocycles. The number of hydrogen-bond donors (Lipinski definition) is 1. The fourth-order valence-corrected chi connectivity index (χ4v) is 10.2. The van der Waals surface area contributed by atoms with Crippen molar-refractivity contribution < 1.29 is 4.79 Å². The van der Waals surface area contributed by atoms with Crippen LogP contribution in [-0.2, 0) is 30.6 Å². The summed E-state index contributed by atoms with van der Waals surface area (Å²) in [6.45, 7) is 5.23. The van der Waals surface area contributed by atoms with Gasteiger partial charge in [0.2, 0.25) is 5.91 Å². The lowest BCUT2D eigenvalue weighted by molar-refractivity contribution is -0.113. The van der Waals surface area contributed by atoms with Crippen LogP contribution >= 0.6 is 23.1 Å². The molecule has 7 rings (SSSR count). The number of carbonyl (C=O) groups is 1. The van der Waals surface area contributed by atoms with Crippen molar-refractivity contribution in [2.45, 2.75) is 89.8 Å². The Labute approximate surface area is 216 Å². The Morgan fingerprint density at radius 1 is 1.23 bits per heavy atom. The van der Waals surface area contributed by atoms with Crippen LogP contribution in [0.2, 0.25) is 0 Å². The van der Waals surface area contributed by atoms with Crippen molar-refractivity contribution in [1.82, 2.24) is 14.8 Å². The first-order valence-corrected chi connectivity index (χ1v) is 15.1. The summed E-state index contributed by atoms with van der Waals surface area (Å²) in [5, 5.41) is 23.4. The lowest BCUT2D eigenvalue weighted by Gasteiger charge is -2.56. The molecule has 6 nitrogen and oxygen atoms in total. The number of fused-ring (bicyclic) bond motifs is 1. The van der Waals surface area contributed by atoms with Crippen molar-refractivity contribution in [3.8, 4) is 6.07 Å². The van der Waals surface area contributed by atoms with Crippen molar-refractivity contribution >= 4 is 34.0 Å². The van der Waals surface area contributed by atoms with Crippen molar-refractivity contribution in [3.63, 3.8) is 0 Å². The van der Waals surface area contributed by atoms with Crippen molar-refractivity contribution in [3.05, 3.63) is 21.8 Å². The van der Waals surface area contributed by atoms with E-state index in [4.69, 9.17) is 0 Å². The number of thioether (sulfide) groups is 1. The zero-order valence-electron chi connectivity index (χ0n) is 20.8. The summed E-state index contributed by atoms with van der Waals surface area (Å²) in [5.41, 5.74) is 2.25. The predicted octanol–water partition coefficient (Wildman–Crippen LogP) is 5.85. The topological polar surface area (TPSA) is 83.6 Å². The first-order valence-electron chi connectivity index (χ1n) is 13.3. The number of anilines is 1. The fraction of sp³-hybridized carbons (Fsp3) is 0.704. The summed E-state index contributed by atoms with van der Waals surface area (Å²) in [5.74, 6) is 4.73. The molecule has 2 heterocycles. The number of aromatic nitrogens is 3. The van der Waals surface area contributed by atoms with E-state index in [0.29, 0.717) is 16.9 Å². The summed E-state index contributed by atoms with van der Waals surface area (Å²) in [6.07, 6.45) is 12.6. The van der Waals surface area contributed by atoms with E-state index in [1.807, 2.05) is 0 Å². The number of hydrogen-bond acceptors (Lipinski definition) is 6. The van der Waals surface area contributed by atoms with Crippen LogP contribution in [0.4, 0.5) is 5.00 Å².